The second kappa shape index (κ2) is 6.58. The third-order valence-corrected chi connectivity index (χ3v) is 4.56. The summed E-state index contributed by atoms with van der Waals surface area (Å²) in [4.78, 5) is 13.3. The molecule has 0 unspecified atom stereocenters. The highest BCUT2D eigenvalue weighted by Crippen LogP contribution is 2.30. The molecule has 1 heterocycles. The van der Waals surface area contributed by atoms with Gasteiger partial charge in [-0.25, -0.2) is 0 Å². The number of hydrogen-bond donors (Lipinski definition) is 0. The molecular weight excluding hydrogens is 292 g/mol. The van der Waals surface area contributed by atoms with Crippen LogP contribution in [0.25, 0.3) is 10.4 Å². The van der Waals surface area contributed by atoms with Gasteiger partial charge in [0.25, 0.3) is 0 Å². The number of ether oxygens (including phenoxy) is 1. The predicted molar refractivity (Wildman–Crippen MR) is 90.5 cm³/mol. The largest absolute Gasteiger partial charge is 0.489 e. The van der Waals surface area contributed by atoms with E-state index in [2.05, 4.69) is 0 Å². The summed E-state index contributed by atoms with van der Waals surface area (Å²) in [5.74, 6) is 0.937. The molecule has 0 atom stereocenters. The molecule has 0 aliphatic rings. The molecule has 0 aliphatic carbocycles. The molecule has 22 heavy (non-hydrogen) atoms. The van der Waals surface area contributed by atoms with Crippen molar-refractivity contribution in [1.29, 1.82) is 0 Å². The van der Waals surface area contributed by atoms with Crippen LogP contribution in [0, 0.1) is 0 Å². The van der Waals surface area contributed by atoms with Crippen LogP contribution in [0.2, 0.25) is 0 Å². The van der Waals surface area contributed by atoms with Gasteiger partial charge in [-0.3, -0.25) is 4.79 Å². The standard InChI is InChI=1S/C19H16O2S/c1-14(20)18-10-11-19(22-18)16-8-5-9-17(12-16)21-13-15-6-3-2-4-7-15/h2-12H,13H2,1H3. The van der Waals surface area contributed by atoms with Gasteiger partial charge in [-0.05, 0) is 42.3 Å². The van der Waals surface area contributed by atoms with Crippen molar-refractivity contribution in [2.24, 2.45) is 0 Å². The highest BCUT2D eigenvalue weighted by atomic mass is 32.1. The van der Waals surface area contributed by atoms with Crippen LogP contribution in [0.5, 0.6) is 5.75 Å². The van der Waals surface area contributed by atoms with Gasteiger partial charge in [-0.1, -0.05) is 42.5 Å². The molecule has 0 amide bonds. The average Bonchev–Trinajstić information content (AvgIpc) is 3.05. The SMILES string of the molecule is CC(=O)c1ccc(-c2cccc(OCc3ccccc3)c2)s1. The minimum atomic E-state index is 0.104. The van der Waals surface area contributed by atoms with E-state index >= 15 is 0 Å². The Morgan fingerprint density at radius 1 is 1.00 bits per heavy atom. The van der Waals surface area contributed by atoms with Gasteiger partial charge in [0.2, 0.25) is 0 Å². The molecule has 2 aromatic carbocycles. The molecule has 0 aliphatic heterocycles. The number of carbonyl (C=O) groups is 1. The van der Waals surface area contributed by atoms with Crippen LogP contribution in [0.15, 0.2) is 66.7 Å². The van der Waals surface area contributed by atoms with Crippen LogP contribution < -0.4 is 4.74 Å². The fraction of sp³-hybridized carbons (Fsp3) is 0.105. The van der Waals surface area contributed by atoms with Crippen LogP contribution in [-0.2, 0) is 6.61 Å². The third kappa shape index (κ3) is 3.43. The highest BCUT2D eigenvalue weighted by Gasteiger charge is 2.07. The van der Waals surface area contributed by atoms with Crippen LogP contribution in [0.1, 0.15) is 22.2 Å². The Morgan fingerprint density at radius 3 is 2.55 bits per heavy atom. The summed E-state index contributed by atoms with van der Waals surface area (Å²) in [6.07, 6.45) is 0. The summed E-state index contributed by atoms with van der Waals surface area (Å²) in [6.45, 7) is 2.14. The first-order valence-electron chi connectivity index (χ1n) is 7.10. The van der Waals surface area contributed by atoms with Gasteiger partial charge in [-0.2, -0.15) is 0 Å². The summed E-state index contributed by atoms with van der Waals surface area (Å²) in [5, 5.41) is 0. The zero-order valence-corrected chi connectivity index (χ0v) is 13.1. The maximum Gasteiger partial charge on any atom is 0.169 e. The minimum absolute atomic E-state index is 0.104. The molecule has 3 aromatic rings. The van der Waals surface area contributed by atoms with E-state index in [1.54, 1.807) is 6.92 Å². The van der Waals surface area contributed by atoms with Crippen LogP contribution in [-0.4, -0.2) is 5.78 Å². The van der Waals surface area contributed by atoms with Crippen molar-refractivity contribution in [2.45, 2.75) is 13.5 Å². The van der Waals surface area contributed by atoms with Gasteiger partial charge in [-0.15, -0.1) is 11.3 Å². The topological polar surface area (TPSA) is 26.3 Å². The fourth-order valence-corrected chi connectivity index (χ4v) is 3.06. The van der Waals surface area contributed by atoms with Gasteiger partial charge in [0.05, 0.1) is 4.88 Å². The Balaban J connectivity index is 1.75. The molecule has 0 fully saturated rings. The minimum Gasteiger partial charge on any atom is -0.489 e. The summed E-state index contributed by atoms with van der Waals surface area (Å²) in [5.41, 5.74) is 2.21. The number of rotatable bonds is 5. The lowest BCUT2D eigenvalue weighted by Gasteiger charge is -2.07. The van der Waals surface area contributed by atoms with Crippen molar-refractivity contribution in [3.05, 3.63) is 77.2 Å². The van der Waals surface area contributed by atoms with E-state index in [1.807, 2.05) is 66.7 Å². The molecule has 2 nitrogen and oxygen atoms in total. The predicted octanol–water partition coefficient (Wildman–Crippen LogP) is 5.20. The molecule has 0 saturated heterocycles. The first-order valence-corrected chi connectivity index (χ1v) is 7.92. The second-order valence-corrected chi connectivity index (χ2v) is 6.11. The summed E-state index contributed by atoms with van der Waals surface area (Å²) >= 11 is 1.51. The smallest absolute Gasteiger partial charge is 0.169 e. The number of ketones is 1. The Bertz CT molecular complexity index is 775. The van der Waals surface area contributed by atoms with Crippen molar-refractivity contribution in [1.82, 2.24) is 0 Å². The summed E-state index contributed by atoms with van der Waals surface area (Å²) in [7, 11) is 0. The molecule has 0 radical (unpaired) electrons. The van der Waals surface area contributed by atoms with Crippen molar-refractivity contribution < 1.29 is 9.53 Å². The van der Waals surface area contributed by atoms with Crippen molar-refractivity contribution in [2.75, 3.05) is 0 Å². The Kier molecular flexibility index (Phi) is 4.35. The van der Waals surface area contributed by atoms with Gasteiger partial charge < -0.3 is 4.74 Å². The molecule has 3 rings (SSSR count). The zero-order chi connectivity index (χ0) is 15.4. The first-order chi connectivity index (χ1) is 10.7. The molecule has 3 heteroatoms. The quantitative estimate of drug-likeness (QED) is 0.606. The Morgan fingerprint density at radius 2 is 1.82 bits per heavy atom. The zero-order valence-electron chi connectivity index (χ0n) is 12.3. The van der Waals surface area contributed by atoms with Gasteiger partial charge >= 0.3 is 0 Å². The fourth-order valence-electron chi connectivity index (χ4n) is 2.16. The lowest BCUT2D eigenvalue weighted by Crippen LogP contribution is -1.94. The van der Waals surface area contributed by atoms with Gasteiger partial charge in [0.1, 0.15) is 12.4 Å². The van der Waals surface area contributed by atoms with E-state index < -0.39 is 0 Å². The molecule has 0 bridgehead atoms. The molecule has 0 N–H and O–H groups in total. The summed E-state index contributed by atoms with van der Waals surface area (Å²) in [6, 6.07) is 21.9. The normalized spacial score (nSPS) is 10.4. The van der Waals surface area contributed by atoms with Crippen molar-refractivity contribution in [3.8, 4) is 16.2 Å². The first kappa shape index (κ1) is 14.5. The van der Waals surface area contributed by atoms with Crippen LogP contribution in [0.4, 0.5) is 0 Å². The average molecular weight is 308 g/mol. The molecule has 1 aromatic heterocycles. The third-order valence-electron chi connectivity index (χ3n) is 3.32. The van der Waals surface area contributed by atoms with Crippen LogP contribution in [0.3, 0.4) is 0 Å². The maximum absolute atomic E-state index is 11.4. The van der Waals surface area contributed by atoms with Crippen molar-refractivity contribution >= 4 is 17.1 Å². The lowest BCUT2D eigenvalue weighted by molar-refractivity contribution is 0.102. The number of benzene rings is 2. The number of hydrogen-bond acceptors (Lipinski definition) is 3. The maximum atomic E-state index is 11.4. The highest BCUT2D eigenvalue weighted by molar-refractivity contribution is 7.17. The van der Waals surface area contributed by atoms with E-state index in [-0.39, 0.29) is 5.78 Å². The monoisotopic (exact) mass is 308 g/mol. The summed E-state index contributed by atoms with van der Waals surface area (Å²) < 4.78 is 5.85. The Hall–Kier alpha value is -2.39. The van der Waals surface area contributed by atoms with Crippen molar-refractivity contribution in [3.63, 3.8) is 0 Å². The van der Waals surface area contributed by atoms with E-state index in [1.165, 1.54) is 11.3 Å². The number of carbonyl (C=O) groups excluding carboxylic acids is 1. The molecule has 0 saturated carbocycles. The van der Waals surface area contributed by atoms with E-state index in [4.69, 9.17) is 4.74 Å². The van der Waals surface area contributed by atoms with E-state index in [0.29, 0.717) is 6.61 Å². The number of thiophene rings is 1. The molecule has 110 valence electrons. The van der Waals surface area contributed by atoms with Crippen LogP contribution >= 0.6 is 11.3 Å². The second-order valence-electron chi connectivity index (χ2n) is 5.02. The van der Waals surface area contributed by atoms with E-state index in [0.717, 1.165) is 26.6 Å². The molecule has 0 spiro atoms. The Labute approximate surface area is 134 Å². The number of Topliss-reactive ketones (excluding diaryl/α,β-unsaturated/α-hetero) is 1. The van der Waals surface area contributed by atoms with Gasteiger partial charge in [0, 0.05) is 4.88 Å². The lowest BCUT2D eigenvalue weighted by atomic mass is 10.2. The van der Waals surface area contributed by atoms with E-state index in [9.17, 15) is 4.79 Å². The van der Waals surface area contributed by atoms with Gasteiger partial charge in [0.15, 0.2) is 5.78 Å². The molecular formula is C19H16O2S.